The molecule has 0 spiro atoms. The van der Waals surface area contributed by atoms with E-state index in [0.717, 1.165) is 11.3 Å². The van der Waals surface area contributed by atoms with E-state index in [1.165, 1.54) is 0 Å². The first-order valence-corrected chi connectivity index (χ1v) is 12.0. The second-order valence-corrected chi connectivity index (χ2v) is 8.98. The van der Waals surface area contributed by atoms with Gasteiger partial charge in [-0.05, 0) is 55.8 Å². The first-order chi connectivity index (χ1) is 18.3. The van der Waals surface area contributed by atoms with Crippen LogP contribution in [0, 0.1) is 25.2 Å². The summed E-state index contributed by atoms with van der Waals surface area (Å²) in [4.78, 5) is 30.1. The maximum Gasteiger partial charge on any atom is 0.256 e. The molecule has 3 N–H and O–H groups in total. The van der Waals surface area contributed by atoms with Crippen molar-refractivity contribution in [2.24, 2.45) is 5.73 Å². The van der Waals surface area contributed by atoms with E-state index in [0.29, 0.717) is 56.8 Å². The molecule has 186 valence electrons. The number of carbonyl (C=O) groups is 2. The molecule has 0 unspecified atom stereocenters. The second kappa shape index (κ2) is 9.99. The van der Waals surface area contributed by atoms with Crippen LogP contribution >= 0.6 is 0 Å². The van der Waals surface area contributed by atoms with Gasteiger partial charge in [0, 0.05) is 16.5 Å². The molecule has 5 rings (SSSR count). The number of nitrogens with one attached hydrogen (secondary N) is 1. The van der Waals surface area contributed by atoms with Crippen LogP contribution in [-0.2, 0) is 6.54 Å². The molecular weight excluding hydrogens is 476 g/mol. The van der Waals surface area contributed by atoms with E-state index >= 15 is 0 Å². The fraction of sp³-hybridized carbons (Fsp3) is 0.100. The van der Waals surface area contributed by atoms with Crippen LogP contribution in [0.4, 0.5) is 5.69 Å². The van der Waals surface area contributed by atoms with Gasteiger partial charge in [-0.15, -0.1) is 0 Å². The summed E-state index contributed by atoms with van der Waals surface area (Å²) in [5, 5.41) is 17.4. The van der Waals surface area contributed by atoms with Gasteiger partial charge >= 0.3 is 0 Å². The number of carbonyl (C=O) groups excluding carboxylic acids is 2. The van der Waals surface area contributed by atoms with Crippen molar-refractivity contribution in [2.45, 2.75) is 20.4 Å². The number of hydrogen-bond acceptors (Lipinski definition) is 5. The first-order valence-electron chi connectivity index (χ1n) is 12.0. The third-order valence-electron chi connectivity index (χ3n) is 6.44. The SMILES string of the molecule is Cc1nn(Cc2ccc(C#N)cc2)c(C)c1NC(=O)c1cc(-c2cccc(C(N)=O)c2)nc2ccccc12. The molecule has 2 aromatic heterocycles. The maximum absolute atomic E-state index is 13.6. The zero-order chi connectivity index (χ0) is 26.8. The molecule has 2 amide bonds. The van der Waals surface area contributed by atoms with Gasteiger partial charge in [0.25, 0.3) is 5.91 Å². The molecule has 3 aromatic carbocycles. The molecule has 0 aliphatic heterocycles. The van der Waals surface area contributed by atoms with Crippen LogP contribution in [0.5, 0.6) is 0 Å². The van der Waals surface area contributed by atoms with Crippen molar-refractivity contribution in [1.29, 1.82) is 5.26 Å². The average molecular weight is 501 g/mol. The Kier molecular flexibility index (Phi) is 6.42. The minimum absolute atomic E-state index is 0.292. The molecule has 0 aliphatic rings. The number of pyridine rings is 1. The number of aromatic nitrogens is 3. The summed E-state index contributed by atoms with van der Waals surface area (Å²) in [6.07, 6.45) is 0. The van der Waals surface area contributed by atoms with Crippen molar-refractivity contribution in [3.8, 4) is 17.3 Å². The molecular formula is C30H24N6O2. The number of anilines is 1. The largest absolute Gasteiger partial charge is 0.366 e. The minimum Gasteiger partial charge on any atom is -0.366 e. The van der Waals surface area contributed by atoms with Crippen LogP contribution in [0.2, 0.25) is 0 Å². The molecule has 0 saturated heterocycles. The number of primary amides is 1. The van der Waals surface area contributed by atoms with Crippen molar-refractivity contribution >= 4 is 28.4 Å². The lowest BCUT2D eigenvalue weighted by atomic mass is 10.0. The molecule has 0 bridgehead atoms. The Morgan fingerprint density at radius 2 is 1.76 bits per heavy atom. The molecule has 8 nitrogen and oxygen atoms in total. The highest BCUT2D eigenvalue weighted by Crippen LogP contribution is 2.28. The van der Waals surface area contributed by atoms with E-state index < -0.39 is 5.91 Å². The smallest absolute Gasteiger partial charge is 0.256 e. The van der Waals surface area contributed by atoms with Crippen molar-refractivity contribution in [1.82, 2.24) is 14.8 Å². The summed E-state index contributed by atoms with van der Waals surface area (Å²) in [6, 6.07) is 25.5. The summed E-state index contributed by atoms with van der Waals surface area (Å²) in [5.41, 5.74) is 11.9. The quantitative estimate of drug-likeness (QED) is 0.340. The van der Waals surface area contributed by atoms with Crippen molar-refractivity contribution in [2.75, 3.05) is 5.32 Å². The second-order valence-electron chi connectivity index (χ2n) is 8.98. The molecule has 2 heterocycles. The van der Waals surface area contributed by atoms with Gasteiger partial charge in [-0.1, -0.05) is 42.5 Å². The van der Waals surface area contributed by atoms with Crippen LogP contribution in [0.3, 0.4) is 0 Å². The van der Waals surface area contributed by atoms with Gasteiger partial charge in [0.2, 0.25) is 5.91 Å². The number of fused-ring (bicyclic) bond motifs is 1. The monoisotopic (exact) mass is 500 g/mol. The van der Waals surface area contributed by atoms with Gasteiger partial charge in [-0.2, -0.15) is 10.4 Å². The van der Waals surface area contributed by atoms with Gasteiger partial charge in [-0.3, -0.25) is 14.3 Å². The minimum atomic E-state index is -0.533. The third kappa shape index (κ3) is 4.73. The van der Waals surface area contributed by atoms with Crippen LogP contribution in [-0.4, -0.2) is 26.6 Å². The van der Waals surface area contributed by atoms with E-state index in [-0.39, 0.29) is 5.91 Å². The van der Waals surface area contributed by atoms with Gasteiger partial charge in [-0.25, -0.2) is 4.98 Å². The zero-order valence-corrected chi connectivity index (χ0v) is 20.9. The highest BCUT2D eigenvalue weighted by molar-refractivity contribution is 6.13. The van der Waals surface area contributed by atoms with Gasteiger partial charge in [0.15, 0.2) is 0 Å². The molecule has 0 saturated carbocycles. The molecule has 0 aliphatic carbocycles. The lowest BCUT2D eigenvalue weighted by Crippen LogP contribution is -2.14. The Hall–Kier alpha value is -5.29. The van der Waals surface area contributed by atoms with Crippen molar-refractivity contribution in [3.05, 3.63) is 113 Å². The summed E-state index contributed by atoms with van der Waals surface area (Å²) >= 11 is 0. The lowest BCUT2D eigenvalue weighted by molar-refractivity contribution is 0.0997. The van der Waals surface area contributed by atoms with Crippen molar-refractivity contribution < 1.29 is 9.59 Å². The Morgan fingerprint density at radius 1 is 1.00 bits per heavy atom. The van der Waals surface area contributed by atoms with Gasteiger partial charge in [0.1, 0.15) is 0 Å². The van der Waals surface area contributed by atoms with E-state index in [9.17, 15) is 9.59 Å². The van der Waals surface area contributed by atoms with Crippen LogP contribution in [0.15, 0.2) is 78.9 Å². The number of nitrogens with zero attached hydrogens (tertiary/aromatic N) is 4. The molecule has 0 fully saturated rings. The molecule has 8 heteroatoms. The number of nitrogens with two attached hydrogens (primary N) is 1. The number of hydrogen-bond donors (Lipinski definition) is 2. The number of benzene rings is 3. The summed E-state index contributed by atoms with van der Waals surface area (Å²) in [5.74, 6) is -0.824. The van der Waals surface area contributed by atoms with E-state index in [4.69, 9.17) is 16.0 Å². The Bertz CT molecular complexity index is 1750. The van der Waals surface area contributed by atoms with Gasteiger partial charge < -0.3 is 11.1 Å². The summed E-state index contributed by atoms with van der Waals surface area (Å²) in [6.45, 7) is 4.26. The predicted octanol–water partition coefficient (Wildman–Crippen LogP) is 4.99. The van der Waals surface area contributed by atoms with E-state index in [1.54, 1.807) is 36.4 Å². The fourth-order valence-corrected chi connectivity index (χ4v) is 4.41. The summed E-state index contributed by atoms with van der Waals surface area (Å²) in [7, 11) is 0. The molecule has 0 atom stereocenters. The van der Waals surface area contributed by atoms with Crippen molar-refractivity contribution in [3.63, 3.8) is 0 Å². The number of aryl methyl sites for hydroxylation is 1. The Labute approximate surface area is 219 Å². The normalized spacial score (nSPS) is 10.8. The topological polar surface area (TPSA) is 127 Å². The highest BCUT2D eigenvalue weighted by Gasteiger charge is 2.19. The summed E-state index contributed by atoms with van der Waals surface area (Å²) < 4.78 is 1.83. The predicted molar refractivity (Wildman–Crippen MR) is 146 cm³/mol. The maximum atomic E-state index is 13.6. The molecule has 38 heavy (non-hydrogen) atoms. The number of rotatable bonds is 6. The number of amides is 2. The first kappa shape index (κ1) is 24.4. The van der Waals surface area contributed by atoms with Gasteiger partial charge in [0.05, 0.1) is 52.0 Å². The van der Waals surface area contributed by atoms with Crippen LogP contribution < -0.4 is 11.1 Å². The fourth-order valence-electron chi connectivity index (χ4n) is 4.41. The van der Waals surface area contributed by atoms with E-state index in [2.05, 4.69) is 16.5 Å². The number of para-hydroxylation sites is 1. The highest BCUT2D eigenvalue weighted by atomic mass is 16.2. The average Bonchev–Trinajstić information content (AvgIpc) is 3.20. The lowest BCUT2D eigenvalue weighted by Gasteiger charge is -2.12. The Morgan fingerprint density at radius 3 is 2.50 bits per heavy atom. The standard InChI is InChI=1S/C30H24N6O2/c1-18-28(19(2)36(35-18)17-21-12-10-20(16-31)11-13-21)34-30(38)25-15-27(33-26-9-4-3-8-24(25)26)22-6-5-7-23(14-22)29(32)37/h3-15H,17H2,1-2H3,(H2,32,37)(H,34,38). The van der Waals surface area contributed by atoms with Crippen LogP contribution in [0.25, 0.3) is 22.2 Å². The Balaban J connectivity index is 1.49. The molecule has 5 aromatic rings. The van der Waals surface area contributed by atoms with Crippen LogP contribution in [0.1, 0.15) is 43.2 Å². The van der Waals surface area contributed by atoms with E-state index in [1.807, 2.05) is 61.0 Å². The number of nitriles is 1. The zero-order valence-electron chi connectivity index (χ0n) is 20.9. The third-order valence-corrected chi connectivity index (χ3v) is 6.44. The molecule has 0 radical (unpaired) electrons.